The summed E-state index contributed by atoms with van der Waals surface area (Å²) in [4.78, 5) is 15.5. The minimum atomic E-state index is -1.02. The molecule has 1 N–H and O–H groups in total. The molecule has 4 nitrogen and oxygen atoms in total. The minimum Gasteiger partial charge on any atom is -0.478 e. The standard InChI is InChI=1S/C15H10BrNO3/c1-8-5-9(7-10(16)6-8)14-17-12-4-2-3-11(15(18)19)13(12)20-14/h2-7H,1H3,(H,18,19). The number of hydrogen-bond acceptors (Lipinski definition) is 3. The average molecular weight is 332 g/mol. The van der Waals surface area contributed by atoms with E-state index in [0.29, 0.717) is 17.0 Å². The molecule has 0 aliphatic rings. The first-order chi connectivity index (χ1) is 9.54. The van der Waals surface area contributed by atoms with E-state index in [9.17, 15) is 4.79 Å². The molecule has 5 heteroatoms. The Labute approximate surface area is 123 Å². The summed E-state index contributed by atoms with van der Waals surface area (Å²) < 4.78 is 6.57. The Balaban J connectivity index is 2.23. The lowest BCUT2D eigenvalue weighted by molar-refractivity contribution is 0.0698. The summed E-state index contributed by atoms with van der Waals surface area (Å²) in [5, 5.41) is 9.16. The van der Waals surface area contributed by atoms with Crippen LogP contribution in [0.25, 0.3) is 22.6 Å². The average Bonchev–Trinajstić information content (AvgIpc) is 2.80. The molecular weight excluding hydrogens is 322 g/mol. The monoisotopic (exact) mass is 331 g/mol. The van der Waals surface area contributed by atoms with Gasteiger partial charge in [0.1, 0.15) is 11.1 Å². The Bertz CT molecular complexity index is 803. The van der Waals surface area contributed by atoms with Crippen molar-refractivity contribution in [2.75, 3.05) is 0 Å². The molecule has 0 bridgehead atoms. The Morgan fingerprint density at radius 3 is 2.80 bits per heavy atom. The summed E-state index contributed by atoms with van der Waals surface area (Å²) >= 11 is 3.43. The second-order valence-electron chi connectivity index (χ2n) is 4.50. The first-order valence-corrected chi connectivity index (χ1v) is 6.74. The van der Waals surface area contributed by atoms with Gasteiger partial charge in [-0.15, -0.1) is 0 Å². The van der Waals surface area contributed by atoms with Crippen LogP contribution in [-0.2, 0) is 0 Å². The Morgan fingerprint density at radius 2 is 2.10 bits per heavy atom. The number of benzene rings is 2. The lowest BCUT2D eigenvalue weighted by Gasteiger charge is -1.99. The summed E-state index contributed by atoms with van der Waals surface area (Å²) in [5.74, 6) is -0.609. The van der Waals surface area contributed by atoms with E-state index < -0.39 is 5.97 Å². The molecule has 3 rings (SSSR count). The molecule has 0 saturated heterocycles. The summed E-state index contributed by atoms with van der Waals surface area (Å²) in [7, 11) is 0. The van der Waals surface area contributed by atoms with Gasteiger partial charge in [-0.2, -0.15) is 0 Å². The third-order valence-corrected chi connectivity index (χ3v) is 3.39. The van der Waals surface area contributed by atoms with Gasteiger partial charge >= 0.3 is 5.97 Å². The van der Waals surface area contributed by atoms with Crippen molar-refractivity contribution in [3.8, 4) is 11.5 Å². The van der Waals surface area contributed by atoms with Gasteiger partial charge in [0.25, 0.3) is 0 Å². The van der Waals surface area contributed by atoms with E-state index in [1.165, 1.54) is 6.07 Å². The Kier molecular flexibility index (Phi) is 3.06. The Morgan fingerprint density at radius 1 is 1.30 bits per heavy atom. The number of para-hydroxylation sites is 1. The summed E-state index contributed by atoms with van der Waals surface area (Å²) in [5.41, 5.74) is 2.83. The topological polar surface area (TPSA) is 63.3 Å². The van der Waals surface area contributed by atoms with Gasteiger partial charge in [-0.1, -0.05) is 22.0 Å². The number of fused-ring (bicyclic) bond motifs is 1. The van der Waals surface area contributed by atoms with E-state index in [0.717, 1.165) is 15.6 Å². The van der Waals surface area contributed by atoms with Gasteiger partial charge in [0.05, 0.1) is 0 Å². The van der Waals surface area contributed by atoms with Gasteiger partial charge in [-0.05, 0) is 42.8 Å². The maximum atomic E-state index is 11.2. The van der Waals surface area contributed by atoms with E-state index in [-0.39, 0.29) is 5.56 Å². The molecule has 3 aromatic rings. The molecule has 100 valence electrons. The van der Waals surface area contributed by atoms with Gasteiger partial charge in [0, 0.05) is 10.0 Å². The highest BCUT2D eigenvalue weighted by atomic mass is 79.9. The SMILES string of the molecule is Cc1cc(Br)cc(-c2nc3cccc(C(=O)O)c3o2)c1. The first-order valence-electron chi connectivity index (χ1n) is 5.95. The van der Waals surface area contributed by atoms with Crippen LogP contribution < -0.4 is 0 Å². The summed E-state index contributed by atoms with van der Waals surface area (Å²) in [6, 6.07) is 10.7. The summed E-state index contributed by atoms with van der Waals surface area (Å²) in [6.07, 6.45) is 0. The number of nitrogens with zero attached hydrogens (tertiary/aromatic N) is 1. The minimum absolute atomic E-state index is 0.118. The van der Waals surface area contributed by atoms with Gasteiger partial charge in [-0.3, -0.25) is 0 Å². The number of oxazole rings is 1. The molecule has 0 amide bonds. The quantitative estimate of drug-likeness (QED) is 0.761. The number of hydrogen-bond donors (Lipinski definition) is 1. The van der Waals surface area contributed by atoms with Crippen molar-refractivity contribution in [1.82, 2.24) is 4.98 Å². The fourth-order valence-electron chi connectivity index (χ4n) is 2.10. The number of carboxylic acid groups (broad SMARTS) is 1. The van der Waals surface area contributed by atoms with E-state index in [1.54, 1.807) is 12.1 Å². The van der Waals surface area contributed by atoms with Gasteiger partial charge in [-0.25, -0.2) is 9.78 Å². The number of carbonyl (C=O) groups is 1. The highest BCUT2D eigenvalue weighted by Gasteiger charge is 2.15. The number of halogens is 1. The van der Waals surface area contributed by atoms with Crippen LogP contribution >= 0.6 is 15.9 Å². The van der Waals surface area contributed by atoms with Crippen LogP contribution in [0.4, 0.5) is 0 Å². The zero-order valence-electron chi connectivity index (χ0n) is 10.6. The molecule has 0 radical (unpaired) electrons. The largest absolute Gasteiger partial charge is 0.478 e. The van der Waals surface area contributed by atoms with Gasteiger partial charge in [0.15, 0.2) is 5.58 Å². The molecular formula is C15H10BrNO3. The zero-order valence-corrected chi connectivity index (χ0v) is 12.1. The predicted molar refractivity (Wildman–Crippen MR) is 78.8 cm³/mol. The zero-order chi connectivity index (χ0) is 14.3. The lowest BCUT2D eigenvalue weighted by atomic mass is 10.1. The van der Waals surface area contributed by atoms with Crippen LogP contribution in [0.3, 0.4) is 0 Å². The second kappa shape index (κ2) is 4.76. The van der Waals surface area contributed by atoms with Crippen LogP contribution in [0.2, 0.25) is 0 Å². The van der Waals surface area contributed by atoms with Crippen molar-refractivity contribution in [3.05, 3.63) is 52.0 Å². The van der Waals surface area contributed by atoms with Crippen molar-refractivity contribution in [3.63, 3.8) is 0 Å². The molecule has 20 heavy (non-hydrogen) atoms. The van der Waals surface area contributed by atoms with Crippen molar-refractivity contribution in [2.45, 2.75) is 6.92 Å². The van der Waals surface area contributed by atoms with Crippen LogP contribution in [-0.4, -0.2) is 16.1 Å². The van der Waals surface area contributed by atoms with Crippen LogP contribution in [0, 0.1) is 6.92 Å². The molecule has 1 heterocycles. The van der Waals surface area contributed by atoms with Crippen molar-refractivity contribution in [2.24, 2.45) is 0 Å². The van der Waals surface area contributed by atoms with Crippen LogP contribution in [0.1, 0.15) is 15.9 Å². The fraction of sp³-hybridized carbons (Fsp3) is 0.0667. The molecule has 0 aliphatic heterocycles. The normalized spacial score (nSPS) is 10.9. The predicted octanol–water partition coefficient (Wildman–Crippen LogP) is 4.26. The van der Waals surface area contributed by atoms with Crippen LogP contribution in [0.5, 0.6) is 0 Å². The summed E-state index contributed by atoms with van der Waals surface area (Å²) in [6.45, 7) is 1.97. The molecule has 0 aliphatic carbocycles. The Hall–Kier alpha value is -2.14. The molecule has 0 saturated carbocycles. The fourth-order valence-corrected chi connectivity index (χ4v) is 2.71. The molecule has 2 aromatic carbocycles. The van der Waals surface area contributed by atoms with E-state index in [2.05, 4.69) is 20.9 Å². The number of carboxylic acids is 1. The molecule has 0 fully saturated rings. The van der Waals surface area contributed by atoms with Crippen LogP contribution in [0.15, 0.2) is 45.3 Å². The maximum absolute atomic E-state index is 11.2. The smallest absolute Gasteiger partial charge is 0.339 e. The van der Waals surface area contributed by atoms with E-state index in [4.69, 9.17) is 9.52 Å². The second-order valence-corrected chi connectivity index (χ2v) is 5.41. The number of rotatable bonds is 2. The third kappa shape index (κ3) is 2.20. The highest BCUT2D eigenvalue weighted by Crippen LogP contribution is 2.29. The lowest BCUT2D eigenvalue weighted by Crippen LogP contribution is -1.95. The van der Waals surface area contributed by atoms with Crippen molar-refractivity contribution < 1.29 is 14.3 Å². The number of aromatic carboxylic acids is 1. The van der Waals surface area contributed by atoms with Gasteiger partial charge in [0.2, 0.25) is 5.89 Å². The molecule has 0 spiro atoms. The first kappa shape index (κ1) is 12.9. The number of aryl methyl sites for hydroxylation is 1. The van der Waals surface area contributed by atoms with Crippen molar-refractivity contribution >= 4 is 33.0 Å². The van der Waals surface area contributed by atoms with Crippen molar-refractivity contribution in [1.29, 1.82) is 0 Å². The third-order valence-electron chi connectivity index (χ3n) is 2.93. The molecule has 0 unspecified atom stereocenters. The van der Waals surface area contributed by atoms with E-state index >= 15 is 0 Å². The van der Waals surface area contributed by atoms with Gasteiger partial charge < -0.3 is 9.52 Å². The molecule has 1 aromatic heterocycles. The number of aromatic nitrogens is 1. The van der Waals surface area contributed by atoms with E-state index in [1.807, 2.05) is 25.1 Å². The highest BCUT2D eigenvalue weighted by molar-refractivity contribution is 9.10. The molecule has 0 atom stereocenters. The maximum Gasteiger partial charge on any atom is 0.339 e.